The molecular weight excluding hydrogens is 508 g/mol. The summed E-state index contributed by atoms with van der Waals surface area (Å²) >= 11 is 0. The Hall–Kier alpha value is -1.99. The highest BCUT2D eigenvalue weighted by atomic mass is 16.6. The molecule has 3 fully saturated rings. The van der Waals surface area contributed by atoms with Crippen LogP contribution in [0.1, 0.15) is 13.3 Å². The Bertz CT molecular complexity index is 807. The van der Waals surface area contributed by atoms with Crippen molar-refractivity contribution in [3.8, 4) is 0 Å². The monoisotopic (exact) mass is 546 g/mol. The number of nitrogens with zero attached hydrogens (tertiary/aromatic N) is 3. The number of fused-ring (bicyclic) bond motifs is 3. The van der Waals surface area contributed by atoms with Crippen LogP contribution in [0.5, 0.6) is 0 Å². The van der Waals surface area contributed by atoms with Gasteiger partial charge in [0, 0.05) is 6.61 Å². The van der Waals surface area contributed by atoms with Crippen LogP contribution in [0.4, 0.5) is 0 Å². The summed E-state index contributed by atoms with van der Waals surface area (Å²) in [7, 11) is 0. The lowest BCUT2D eigenvalue weighted by atomic mass is 9.95. The standard InChI is InChI=1S/C8H14N2O2.2C7H12N2O4/c1-5-7-8(10-4-9-7)6(12-5)2-3-11;2*10-5-4-3(1-8-2-9-4)13-7(12)6(5)11/h4-8,11H,2-3H2,1H3,(H,9,10);2*2-7,10-12H,1H2,(H,8,9). The van der Waals surface area contributed by atoms with E-state index in [2.05, 4.69) is 30.9 Å². The number of aliphatic imine (C=N–C) groups is 3. The smallest absolute Gasteiger partial charge is 0.183 e. The van der Waals surface area contributed by atoms with Gasteiger partial charge in [-0.1, -0.05) is 0 Å². The van der Waals surface area contributed by atoms with Crippen LogP contribution >= 0.6 is 0 Å². The minimum atomic E-state index is -1.33. The van der Waals surface area contributed by atoms with Crippen LogP contribution in [-0.4, -0.2) is 160 Å². The highest BCUT2D eigenvalue weighted by molar-refractivity contribution is 5.59. The van der Waals surface area contributed by atoms with E-state index in [1.807, 2.05) is 6.92 Å². The Morgan fingerprint density at radius 1 is 0.711 bits per heavy atom. The van der Waals surface area contributed by atoms with Crippen molar-refractivity contribution >= 4 is 19.0 Å². The van der Waals surface area contributed by atoms with E-state index in [1.54, 1.807) is 6.34 Å². The van der Waals surface area contributed by atoms with E-state index in [-0.39, 0.29) is 43.1 Å². The first kappa shape index (κ1) is 29.0. The fourth-order valence-electron chi connectivity index (χ4n) is 5.17. The van der Waals surface area contributed by atoms with Crippen LogP contribution in [0, 0.1) is 0 Å². The second-order valence-electron chi connectivity index (χ2n) is 9.82. The van der Waals surface area contributed by atoms with Gasteiger partial charge in [-0.2, -0.15) is 0 Å². The second kappa shape index (κ2) is 12.9. The van der Waals surface area contributed by atoms with E-state index < -0.39 is 49.1 Å². The SMILES string of the molecule is CC1OC(CCO)C2NC=NC12.OC1OC2CN=CNC2C(O)C1O.OC1OC2CN=CNC2C(O)C1O. The minimum absolute atomic E-state index is 0.123. The molecule has 6 aliphatic rings. The lowest BCUT2D eigenvalue weighted by molar-refractivity contribution is -0.254. The number of aliphatic hydroxyl groups excluding tert-OH is 7. The van der Waals surface area contributed by atoms with Gasteiger partial charge in [0.1, 0.15) is 42.7 Å². The average Bonchev–Trinajstić information content (AvgIpc) is 3.52. The molecule has 0 radical (unpaired) electrons. The van der Waals surface area contributed by atoms with Crippen molar-refractivity contribution in [1.82, 2.24) is 16.0 Å². The van der Waals surface area contributed by atoms with Crippen LogP contribution in [0.2, 0.25) is 0 Å². The maximum absolute atomic E-state index is 9.53. The Kier molecular flexibility index (Phi) is 9.85. The van der Waals surface area contributed by atoms with Crippen molar-refractivity contribution in [1.29, 1.82) is 0 Å². The molecule has 216 valence electrons. The van der Waals surface area contributed by atoms with Crippen LogP contribution in [0.25, 0.3) is 0 Å². The molecule has 0 spiro atoms. The lowest BCUT2D eigenvalue weighted by Crippen LogP contribution is -2.64. The Morgan fingerprint density at radius 2 is 1.21 bits per heavy atom. The molecule has 0 aliphatic carbocycles. The van der Waals surface area contributed by atoms with Gasteiger partial charge in [-0.05, 0) is 13.3 Å². The van der Waals surface area contributed by atoms with E-state index in [4.69, 9.17) is 19.3 Å². The van der Waals surface area contributed by atoms with Gasteiger partial charge in [-0.3, -0.25) is 15.0 Å². The van der Waals surface area contributed by atoms with Gasteiger partial charge in [-0.15, -0.1) is 0 Å². The Morgan fingerprint density at radius 3 is 1.71 bits per heavy atom. The molecule has 10 N–H and O–H groups in total. The van der Waals surface area contributed by atoms with Crippen LogP contribution in [0.15, 0.2) is 15.0 Å². The molecule has 16 heteroatoms. The number of nitrogens with one attached hydrogen (secondary N) is 3. The van der Waals surface area contributed by atoms with Gasteiger partial charge in [0.25, 0.3) is 0 Å². The molecule has 3 saturated heterocycles. The Balaban J connectivity index is 0.000000133. The summed E-state index contributed by atoms with van der Waals surface area (Å²) in [6.07, 6.45) is -2.30. The lowest BCUT2D eigenvalue weighted by Gasteiger charge is -2.41. The molecule has 6 rings (SSSR count). The predicted octanol–water partition coefficient (Wildman–Crippen LogP) is -5.62. The van der Waals surface area contributed by atoms with E-state index in [0.717, 1.165) is 0 Å². The van der Waals surface area contributed by atoms with Crippen molar-refractivity contribution in [2.24, 2.45) is 15.0 Å². The van der Waals surface area contributed by atoms with Gasteiger partial charge >= 0.3 is 0 Å². The highest BCUT2D eigenvalue weighted by Crippen LogP contribution is 2.27. The highest BCUT2D eigenvalue weighted by Gasteiger charge is 2.45. The third-order valence-electron chi connectivity index (χ3n) is 7.30. The maximum atomic E-state index is 9.53. The average molecular weight is 547 g/mol. The summed E-state index contributed by atoms with van der Waals surface area (Å²) in [5, 5.41) is 73.5. The van der Waals surface area contributed by atoms with Gasteiger partial charge in [0.2, 0.25) is 0 Å². The quantitative estimate of drug-likeness (QED) is 0.155. The van der Waals surface area contributed by atoms with Crippen LogP contribution in [-0.2, 0) is 14.2 Å². The van der Waals surface area contributed by atoms with E-state index >= 15 is 0 Å². The zero-order valence-corrected chi connectivity index (χ0v) is 20.8. The molecule has 38 heavy (non-hydrogen) atoms. The van der Waals surface area contributed by atoms with Crippen molar-refractivity contribution in [3.63, 3.8) is 0 Å². The predicted molar refractivity (Wildman–Crippen MR) is 132 cm³/mol. The van der Waals surface area contributed by atoms with E-state index in [0.29, 0.717) is 19.5 Å². The van der Waals surface area contributed by atoms with Crippen LogP contribution in [0.3, 0.4) is 0 Å². The van der Waals surface area contributed by atoms with Gasteiger partial charge < -0.3 is 65.9 Å². The van der Waals surface area contributed by atoms with Crippen molar-refractivity contribution in [3.05, 3.63) is 0 Å². The first-order valence-electron chi connectivity index (χ1n) is 12.6. The number of hydrogen-bond acceptors (Lipinski definition) is 16. The zero-order chi connectivity index (χ0) is 27.4. The molecule has 0 bridgehead atoms. The number of ether oxygens (including phenoxy) is 3. The molecule has 6 heterocycles. The normalized spacial score (nSPS) is 48.0. The third-order valence-corrected chi connectivity index (χ3v) is 7.30. The third kappa shape index (κ3) is 6.25. The molecule has 0 aromatic heterocycles. The van der Waals surface area contributed by atoms with E-state index in [1.165, 1.54) is 12.7 Å². The molecule has 16 nitrogen and oxygen atoms in total. The molecule has 14 unspecified atom stereocenters. The van der Waals surface area contributed by atoms with Gasteiger partial charge in [0.05, 0.1) is 62.4 Å². The fraction of sp³-hybridized carbons (Fsp3) is 0.864. The molecular formula is C22H38N6O10. The second-order valence-corrected chi connectivity index (χ2v) is 9.82. The van der Waals surface area contributed by atoms with Gasteiger partial charge in [-0.25, -0.2) is 0 Å². The summed E-state index contributed by atoms with van der Waals surface area (Å²) < 4.78 is 15.7. The summed E-state index contributed by atoms with van der Waals surface area (Å²) in [6.45, 7) is 2.98. The van der Waals surface area contributed by atoms with Crippen molar-refractivity contribution < 1.29 is 50.0 Å². The fourth-order valence-corrected chi connectivity index (χ4v) is 5.17. The molecule has 0 amide bonds. The minimum Gasteiger partial charge on any atom is -0.396 e. The number of aliphatic hydroxyl groups is 7. The molecule has 14 atom stereocenters. The topological polar surface area (TPSA) is 242 Å². The molecule has 0 saturated carbocycles. The first-order valence-corrected chi connectivity index (χ1v) is 12.6. The van der Waals surface area contributed by atoms with Crippen molar-refractivity contribution in [2.75, 3.05) is 19.7 Å². The largest absolute Gasteiger partial charge is 0.396 e. The summed E-state index contributed by atoms with van der Waals surface area (Å²) in [5.41, 5.74) is 0. The maximum Gasteiger partial charge on any atom is 0.183 e. The Labute approximate surface area is 219 Å². The molecule has 0 aromatic rings. The zero-order valence-electron chi connectivity index (χ0n) is 20.8. The van der Waals surface area contributed by atoms with E-state index in [9.17, 15) is 30.6 Å². The van der Waals surface area contributed by atoms with Crippen LogP contribution < -0.4 is 16.0 Å². The number of rotatable bonds is 2. The summed E-state index contributed by atoms with van der Waals surface area (Å²) in [4.78, 5) is 12.0. The molecule has 6 aliphatic heterocycles. The summed E-state index contributed by atoms with van der Waals surface area (Å²) in [6, 6.07) is -0.250. The first-order chi connectivity index (χ1) is 18.2. The van der Waals surface area contributed by atoms with Gasteiger partial charge in [0.15, 0.2) is 12.6 Å². The summed E-state index contributed by atoms with van der Waals surface area (Å²) in [5.74, 6) is 0. The number of hydrogen-bond donors (Lipinski definition) is 10. The molecule has 0 aromatic carbocycles. The van der Waals surface area contributed by atoms with Crippen molar-refractivity contribution in [2.45, 2.75) is 98.9 Å².